The third kappa shape index (κ3) is 3.37. The average Bonchev–Trinajstić information content (AvgIpc) is 2.84. The zero-order valence-corrected chi connectivity index (χ0v) is 12.3. The number of anilines is 1. The maximum atomic E-state index is 12.3. The van der Waals surface area contributed by atoms with E-state index in [2.05, 4.69) is 9.82 Å². The lowest BCUT2D eigenvalue weighted by Crippen LogP contribution is -2.35. The lowest BCUT2D eigenvalue weighted by atomic mass is 10.2. The van der Waals surface area contributed by atoms with E-state index < -0.39 is 10.0 Å². The number of nitrogens with zero attached hydrogens (tertiary/aromatic N) is 2. The minimum atomic E-state index is -3.55. The van der Waals surface area contributed by atoms with E-state index in [0.29, 0.717) is 12.2 Å². The fourth-order valence-corrected chi connectivity index (χ4v) is 3.19. The van der Waals surface area contributed by atoms with Crippen molar-refractivity contribution < 1.29 is 8.42 Å². The van der Waals surface area contributed by atoms with Crippen LogP contribution >= 0.6 is 0 Å². The molecular weight excluding hydrogens is 276 g/mol. The number of sulfonamides is 1. The first-order chi connectivity index (χ1) is 9.38. The molecule has 1 unspecified atom stereocenters. The van der Waals surface area contributed by atoms with Crippen LogP contribution in [-0.4, -0.2) is 24.2 Å². The molecule has 2 rings (SSSR count). The number of rotatable bonds is 5. The van der Waals surface area contributed by atoms with Crippen molar-refractivity contribution in [1.29, 1.82) is 0 Å². The molecular formula is C13H18N4O2S. The summed E-state index contributed by atoms with van der Waals surface area (Å²) in [5, 5.41) is 4.05. The molecule has 20 heavy (non-hydrogen) atoms. The van der Waals surface area contributed by atoms with Crippen molar-refractivity contribution in [2.24, 2.45) is 0 Å². The molecule has 1 aromatic heterocycles. The van der Waals surface area contributed by atoms with Gasteiger partial charge < -0.3 is 5.73 Å². The summed E-state index contributed by atoms with van der Waals surface area (Å²) in [4.78, 5) is 0.219. The van der Waals surface area contributed by atoms with E-state index >= 15 is 0 Å². The Balaban J connectivity index is 2.12. The number of nitrogen functional groups attached to an aromatic ring is 1. The van der Waals surface area contributed by atoms with E-state index in [1.54, 1.807) is 49.1 Å². The number of hydrogen-bond acceptors (Lipinski definition) is 4. The first-order valence-corrected chi connectivity index (χ1v) is 7.73. The Morgan fingerprint density at radius 2 is 2.20 bits per heavy atom. The topological polar surface area (TPSA) is 90.0 Å². The quantitative estimate of drug-likeness (QED) is 0.809. The van der Waals surface area contributed by atoms with Crippen LogP contribution in [0.15, 0.2) is 41.6 Å². The Morgan fingerprint density at radius 1 is 1.45 bits per heavy atom. The van der Waals surface area contributed by atoms with Gasteiger partial charge in [0.25, 0.3) is 0 Å². The first-order valence-electron chi connectivity index (χ1n) is 6.24. The van der Waals surface area contributed by atoms with Gasteiger partial charge in [-0.15, -0.1) is 0 Å². The van der Waals surface area contributed by atoms with Gasteiger partial charge in [0.1, 0.15) is 0 Å². The second kappa shape index (κ2) is 5.64. The Morgan fingerprint density at radius 3 is 2.80 bits per heavy atom. The van der Waals surface area contributed by atoms with Crippen molar-refractivity contribution in [2.75, 3.05) is 5.73 Å². The molecule has 0 amide bonds. The summed E-state index contributed by atoms with van der Waals surface area (Å²) in [6.07, 6.45) is 3.45. The van der Waals surface area contributed by atoms with Crippen molar-refractivity contribution in [3.05, 3.63) is 42.2 Å². The van der Waals surface area contributed by atoms with Crippen molar-refractivity contribution in [2.45, 2.75) is 31.3 Å². The normalized spacial score (nSPS) is 13.3. The predicted molar refractivity (Wildman–Crippen MR) is 77.6 cm³/mol. The van der Waals surface area contributed by atoms with Gasteiger partial charge in [0.05, 0.1) is 11.4 Å². The van der Waals surface area contributed by atoms with Gasteiger partial charge >= 0.3 is 0 Å². The van der Waals surface area contributed by atoms with Gasteiger partial charge in [-0.3, -0.25) is 4.68 Å². The van der Waals surface area contributed by atoms with E-state index in [-0.39, 0.29) is 10.9 Å². The van der Waals surface area contributed by atoms with Crippen molar-refractivity contribution in [3.63, 3.8) is 0 Å². The second-order valence-electron chi connectivity index (χ2n) is 4.77. The Bertz CT molecular complexity index is 680. The molecule has 108 valence electrons. The van der Waals surface area contributed by atoms with E-state index in [0.717, 1.165) is 5.56 Å². The highest BCUT2D eigenvalue weighted by molar-refractivity contribution is 7.89. The van der Waals surface area contributed by atoms with Gasteiger partial charge in [-0.1, -0.05) is 0 Å². The van der Waals surface area contributed by atoms with Crippen LogP contribution in [0.4, 0.5) is 5.69 Å². The van der Waals surface area contributed by atoms with E-state index in [1.807, 2.05) is 0 Å². The molecule has 0 spiro atoms. The molecule has 0 aliphatic heterocycles. The van der Waals surface area contributed by atoms with Crippen molar-refractivity contribution >= 4 is 15.7 Å². The van der Waals surface area contributed by atoms with Crippen LogP contribution in [-0.2, 0) is 16.6 Å². The lowest BCUT2D eigenvalue weighted by Gasteiger charge is -2.15. The van der Waals surface area contributed by atoms with Crippen LogP contribution < -0.4 is 10.5 Å². The highest BCUT2D eigenvalue weighted by Gasteiger charge is 2.18. The molecule has 2 aromatic rings. The lowest BCUT2D eigenvalue weighted by molar-refractivity contribution is 0.494. The van der Waals surface area contributed by atoms with Gasteiger partial charge in [0.15, 0.2) is 0 Å². The second-order valence-corrected chi connectivity index (χ2v) is 6.48. The van der Waals surface area contributed by atoms with Crippen molar-refractivity contribution in [3.8, 4) is 0 Å². The monoisotopic (exact) mass is 294 g/mol. The van der Waals surface area contributed by atoms with Gasteiger partial charge in [-0.2, -0.15) is 5.10 Å². The smallest absolute Gasteiger partial charge is 0.240 e. The number of nitrogens with one attached hydrogen (secondary N) is 1. The zero-order chi connectivity index (χ0) is 14.8. The maximum Gasteiger partial charge on any atom is 0.240 e. The minimum absolute atomic E-state index is 0.219. The number of benzene rings is 1. The summed E-state index contributed by atoms with van der Waals surface area (Å²) in [5.41, 5.74) is 7.02. The van der Waals surface area contributed by atoms with Gasteiger partial charge in [0, 0.05) is 24.1 Å². The van der Waals surface area contributed by atoms with Crippen LogP contribution in [0.25, 0.3) is 0 Å². The fraction of sp³-hybridized carbons (Fsp3) is 0.308. The maximum absolute atomic E-state index is 12.3. The van der Waals surface area contributed by atoms with Gasteiger partial charge in [-0.25, -0.2) is 13.1 Å². The number of hydrogen-bond donors (Lipinski definition) is 2. The molecule has 0 radical (unpaired) electrons. The fourth-order valence-electron chi connectivity index (χ4n) is 1.87. The predicted octanol–water partition coefficient (Wildman–Crippen LogP) is 1.14. The van der Waals surface area contributed by atoms with Crippen LogP contribution in [0.2, 0.25) is 0 Å². The Hall–Kier alpha value is -1.86. The third-order valence-corrected chi connectivity index (χ3v) is 4.52. The largest absolute Gasteiger partial charge is 0.399 e. The summed E-state index contributed by atoms with van der Waals surface area (Å²) in [5.74, 6) is 0. The van der Waals surface area contributed by atoms with Gasteiger partial charge in [0.2, 0.25) is 10.0 Å². The Kier molecular flexibility index (Phi) is 4.10. The van der Waals surface area contributed by atoms with Crippen LogP contribution in [0.5, 0.6) is 0 Å². The summed E-state index contributed by atoms with van der Waals surface area (Å²) >= 11 is 0. The Labute approximate surface area is 118 Å². The standard InChI is InChI=1S/C13H18N4O2S/c1-10-8-12(4-5-13(10)14)20(18,19)16-11(2)9-17-7-3-6-15-17/h3-8,11,16H,9,14H2,1-2H3. The molecule has 0 fully saturated rings. The van der Waals surface area contributed by atoms with E-state index in [4.69, 9.17) is 5.73 Å². The third-order valence-electron chi connectivity index (χ3n) is 2.93. The molecule has 0 bridgehead atoms. The molecule has 1 heterocycles. The summed E-state index contributed by atoms with van der Waals surface area (Å²) in [6, 6.07) is 6.20. The average molecular weight is 294 g/mol. The van der Waals surface area contributed by atoms with E-state index in [1.165, 1.54) is 6.07 Å². The molecule has 0 aliphatic carbocycles. The number of aryl methyl sites for hydroxylation is 1. The number of nitrogens with two attached hydrogens (primary N) is 1. The SMILES string of the molecule is Cc1cc(S(=O)(=O)NC(C)Cn2cccn2)ccc1N. The molecule has 0 aliphatic rings. The van der Waals surface area contributed by atoms with E-state index in [9.17, 15) is 8.42 Å². The molecule has 0 saturated carbocycles. The van der Waals surface area contributed by atoms with Crippen LogP contribution in [0, 0.1) is 6.92 Å². The molecule has 3 N–H and O–H groups in total. The molecule has 0 saturated heterocycles. The van der Waals surface area contributed by atoms with Gasteiger partial charge in [-0.05, 0) is 43.7 Å². The zero-order valence-electron chi connectivity index (χ0n) is 11.4. The summed E-state index contributed by atoms with van der Waals surface area (Å²) < 4.78 is 28.8. The summed E-state index contributed by atoms with van der Waals surface area (Å²) in [6.45, 7) is 4.05. The van der Waals surface area contributed by atoms with Crippen molar-refractivity contribution in [1.82, 2.24) is 14.5 Å². The molecule has 6 nitrogen and oxygen atoms in total. The van der Waals surface area contributed by atoms with Crippen LogP contribution in [0.1, 0.15) is 12.5 Å². The minimum Gasteiger partial charge on any atom is -0.399 e. The van der Waals surface area contributed by atoms with Crippen LogP contribution in [0.3, 0.4) is 0 Å². The highest BCUT2D eigenvalue weighted by atomic mass is 32.2. The highest BCUT2D eigenvalue weighted by Crippen LogP contribution is 2.17. The molecule has 1 atom stereocenters. The summed E-state index contributed by atoms with van der Waals surface area (Å²) in [7, 11) is -3.55. The number of aromatic nitrogens is 2. The molecule has 1 aromatic carbocycles. The first kappa shape index (κ1) is 14.5. The molecule has 7 heteroatoms.